The monoisotopic (exact) mass is 230 g/mol. The Morgan fingerprint density at radius 3 is 2.76 bits per heavy atom. The van der Waals surface area contributed by atoms with Crippen molar-refractivity contribution in [2.75, 3.05) is 0 Å². The van der Waals surface area contributed by atoms with Gasteiger partial charge in [-0.2, -0.15) is 0 Å². The van der Waals surface area contributed by atoms with Crippen molar-refractivity contribution in [3.8, 4) is 11.4 Å². The number of carboxylic acid groups (broad SMARTS) is 1. The van der Waals surface area contributed by atoms with Crippen molar-refractivity contribution >= 4 is 5.97 Å². The highest BCUT2D eigenvalue weighted by atomic mass is 16.4. The molecule has 0 aliphatic heterocycles. The van der Waals surface area contributed by atoms with Crippen molar-refractivity contribution < 1.29 is 9.90 Å². The Morgan fingerprint density at radius 2 is 2.24 bits per heavy atom. The maximum Gasteiger partial charge on any atom is 0.356 e. The predicted molar refractivity (Wildman–Crippen MR) is 65.1 cm³/mol. The molecule has 2 rings (SSSR count). The number of nitrogens with one attached hydrogen (secondary N) is 1. The van der Waals surface area contributed by atoms with E-state index in [4.69, 9.17) is 5.11 Å². The Balaban J connectivity index is 2.50. The molecule has 0 radical (unpaired) electrons. The van der Waals surface area contributed by atoms with Gasteiger partial charge in [0, 0.05) is 11.3 Å². The van der Waals surface area contributed by atoms with Gasteiger partial charge in [-0.3, -0.25) is 0 Å². The molecule has 0 atom stereocenters. The normalized spacial score (nSPS) is 10.5. The number of carboxylic acids is 1. The summed E-state index contributed by atoms with van der Waals surface area (Å²) >= 11 is 0. The van der Waals surface area contributed by atoms with Crippen molar-refractivity contribution in [2.45, 2.75) is 20.3 Å². The number of benzene rings is 1. The van der Waals surface area contributed by atoms with Crippen LogP contribution < -0.4 is 0 Å². The van der Waals surface area contributed by atoms with Crippen LogP contribution >= 0.6 is 0 Å². The minimum absolute atomic E-state index is 0.115. The first-order chi connectivity index (χ1) is 8.11. The lowest BCUT2D eigenvalue weighted by atomic mass is 10.1. The molecular weight excluding hydrogens is 216 g/mol. The molecule has 1 aromatic heterocycles. The van der Waals surface area contributed by atoms with Crippen molar-refractivity contribution in [2.24, 2.45) is 0 Å². The molecule has 4 nitrogen and oxygen atoms in total. The number of rotatable bonds is 3. The summed E-state index contributed by atoms with van der Waals surface area (Å²) in [4.78, 5) is 18.2. The van der Waals surface area contributed by atoms with Crippen LogP contribution in [0.25, 0.3) is 11.4 Å². The first-order valence-electron chi connectivity index (χ1n) is 5.51. The zero-order valence-electron chi connectivity index (χ0n) is 9.82. The SMILES string of the molecule is CCc1[nH]c(-c2cccc(C)c2)nc1C(=O)O. The van der Waals surface area contributed by atoms with Gasteiger partial charge >= 0.3 is 5.97 Å². The highest BCUT2D eigenvalue weighted by molar-refractivity contribution is 5.87. The molecule has 0 aliphatic carbocycles. The molecule has 88 valence electrons. The lowest BCUT2D eigenvalue weighted by molar-refractivity contribution is 0.0690. The van der Waals surface area contributed by atoms with Gasteiger partial charge in [0.25, 0.3) is 0 Å². The Hall–Kier alpha value is -2.10. The Labute approximate surface area is 99.3 Å². The second-order valence-electron chi connectivity index (χ2n) is 3.94. The van der Waals surface area contributed by atoms with E-state index < -0.39 is 5.97 Å². The van der Waals surface area contributed by atoms with Crippen LogP contribution in [-0.4, -0.2) is 21.0 Å². The summed E-state index contributed by atoms with van der Waals surface area (Å²) in [6.07, 6.45) is 0.625. The van der Waals surface area contributed by atoms with Crippen molar-refractivity contribution in [3.05, 3.63) is 41.2 Å². The molecule has 1 heterocycles. The topological polar surface area (TPSA) is 66.0 Å². The van der Waals surface area contributed by atoms with Gasteiger partial charge < -0.3 is 10.1 Å². The summed E-state index contributed by atoms with van der Waals surface area (Å²) in [6, 6.07) is 7.81. The maximum atomic E-state index is 11.0. The number of hydrogen-bond donors (Lipinski definition) is 2. The number of nitrogens with zero attached hydrogens (tertiary/aromatic N) is 1. The molecule has 0 spiro atoms. The number of H-pyrrole nitrogens is 1. The Bertz CT molecular complexity index is 558. The number of hydrogen-bond acceptors (Lipinski definition) is 2. The Morgan fingerprint density at radius 1 is 1.47 bits per heavy atom. The molecule has 2 aromatic rings. The van der Waals surface area contributed by atoms with E-state index in [9.17, 15) is 4.79 Å². The molecule has 0 fully saturated rings. The fraction of sp³-hybridized carbons (Fsp3) is 0.231. The molecule has 4 heteroatoms. The number of aromatic amines is 1. The number of imidazole rings is 1. The number of carbonyl (C=O) groups is 1. The molecular formula is C13H14N2O2. The first kappa shape index (κ1) is 11.4. The summed E-state index contributed by atoms with van der Waals surface area (Å²) in [6.45, 7) is 3.89. The minimum atomic E-state index is -0.989. The van der Waals surface area contributed by atoms with Gasteiger partial charge in [0.1, 0.15) is 5.82 Å². The summed E-state index contributed by atoms with van der Waals surface area (Å²) in [5, 5.41) is 9.03. The van der Waals surface area contributed by atoms with E-state index in [1.807, 2.05) is 38.1 Å². The highest BCUT2D eigenvalue weighted by Gasteiger charge is 2.15. The maximum absolute atomic E-state index is 11.0. The van der Waals surface area contributed by atoms with Gasteiger partial charge in [0.05, 0.1) is 0 Å². The standard InChI is InChI=1S/C13H14N2O2/c1-3-10-11(13(16)17)15-12(14-10)9-6-4-5-8(2)7-9/h4-7H,3H2,1-2H3,(H,14,15)(H,16,17). The zero-order valence-corrected chi connectivity index (χ0v) is 9.82. The van der Waals surface area contributed by atoms with Gasteiger partial charge in [-0.15, -0.1) is 0 Å². The lowest BCUT2D eigenvalue weighted by Crippen LogP contribution is -2.00. The number of aromatic nitrogens is 2. The fourth-order valence-corrected chi connectivity index (χ4v) is 1.77. The molecule has 0 saturated carbocycles. The van der Waals surface area contributed by atoms with Crippen LogP contribution in [0.3, 0.4) is 0 Å². The molecule has 17 heavy (non-hydrogen) atoms. The van der Waals surface area contributed by atoms with Gasteiger partial charge in [-0.25, -0.2) is 9.78 Å². The molecule has 0 bridgehead atoms. The van der Waals surface area contributed by atoms with Gasteiger partial charge in [0.2, 0.25) is 0 Å². The third kappa shape index (κ3) is 2.20. The van der Waals surface area contributed by atoms with E-state index in [1.165, 1.54) is 0 Å². The average molecular weight is 230 g/mol. The molecule has 0 aliphatic rings. The lowest BCUT2D eigenvalue weighted by Gasteiger charge is -1.97. The molecule has 1 aromatic carbocycles. The number of aromatic carboxylic acids is 1. The van der Waals surface area contributed by atoms with E-state index >= 15 is 0 Å². The predicted octanol–water partition coefficient (Wildman–Crippen LogP) is 2.65. The minimum Gasteiger partial charge on any atom is -0.476 e. The van der Waals surface area contributed by atoms with Crippen LogP contribution in [0.4, 0.5) is 0 Å². The van der Waals surface area contributed by atoms with Crippen molar-refractivity contribution in [3.63, 3.8) is 0 Å². The van der Waals surface area contributed by atoms with Crippen LogP contribution in [0.5, 0.6) is 0 Å². The van der Waals surface area contributed by atoms with E-state index in [-0.39, 0.29) is 5.69 Å². The summed E-state index contributed by atoms with van der Waals surface area (Å²) in [7, 11) is 0. The highest BCUT2D eigenvalue weighted by Crippen LogP contribution is 2.19. The molecule has 0 saturated heterocycles. The van der Waals surface area contributed by atoms with Gasteiger partial charge in [0.15, 0.2) is 5.69 Å². The van der Waals surface area contributed by atoms with Crippen LogP contribution in [0.1, 0.15) is 28.7 Å². The van der Waals surface area contributed by atoms with Crippen molar-refractivity contribution in [1.82, 2.24) is 9.97 Å². The van der Waals surface area contributed by atoms with Gasteiger partial charge in [-0.1, -0.05) is 30.7 Å². The Kier molecular flexibility index (Phi) is 2.95. The summed E-state index contributed by atoms with van der Waals surface area (Å²) in [5.41, 5.74) is 2.80. The fourth-order valence-electron chi connectivity index (χ4n) is 1.77. The van der Waals surface area contributed by atoms with Gasteiger partial charge in [-0.05, 0) is 19.4 Å². The summed E-state index contributed by atoms with van der Waals surface area (Å²) in [5.74, 6) is -0.375. The average Bonchev–Trinajstić information content (AvgIpc) is 2.73. The van der Waals surface area contributed by atoms with Crippen LogP contribution in [0, 0.1) is 6.92 Å². The van der Waals surface area contributed by atoms with Crippen molar-refractivity contribution in [1.29, 1.82) is 0 Å². The summed E-state index contributed by atoms with van der Waals surface area (Å²) < 4.78 is 0. The van der Waals surface area contributed by atoms with E-state index in [0.717, 1.165) is 11.1 Å². The third-order valence-electron chi connectivity index (χ3n) is 2.63. The molecule has 0 unspecified atom stereocenters. The quantitative estimate of drug-likeness (QED) is 0.851. The third-order valence-corrected chi connectivity index (χ3v) is 2.63. The largest absolute Gasteiger partial charge is 0.476 e. The smallest absolute Gasteiger partial charge is 0.356 e. The van der Waals surface area contributed by atoms with Crippen LogP contribution in [-0.2, 0) is 6.42 Å². The molecule has 2 N–H and O–H groups in total. The van der Waals surface area contributed by atoms with E-state index in [2.05, 4.69) is 9.97 Å². The molecule has 0 amide bonds. The number of aryl methyl sites for hydroxylation is 2. The van der Waals surface area contributed by atoms with Crippen LogP contribution in [0.2, 0.25) is 0 Å². The van der Waals surface area contributed by atoms with Crippen LogP contribution in [0.15, 0.2) is 24.3 Å². The first-order valence-corrected chi connectivity index (χ1v) is 5.51. The van der Waals surface area contributed by atoms with E-state index in [0.29, 0.717) is 17.9 Å². The van der Waals surface area contributed by atoms with E-state index in [1.54, 1.807) is 0 Å². The second-order valence-corrected chi connectivity index (χ2v) is 3.94. The zero-order chi connectivity index (χ0) is 12.4. The second kappa shape index (κ2) is 4.41.